The zero-order valence-corrected chi connectivity index (χ0v) is 19.8. The predicted octanol–water partition coefficient (Wildman–Crippen LogP) is 1.37. The van der Waals surface area contributed by atoms with Crippen LogP contribution >= 0.6 is 0 Å². The van der Waals surface area contributed by atoms with Crippen molar-refractivity contribution in [3.05, 3.63) is 35.9 Å². The second kappa shape index (κ2) is 14.1. The number of carbonyl (C=O) groups excluding carboxylic acids is 4. The zero-order valence-electron chi connectivity index (χ0n) is 19.8. The molecular formula is C23H36N4O6. The van der Waals surface area contributed by atoms with Gasteiger partial charge < -0.3 is 31.2 Å². The fourth-order valence-electron chi connectivity index (χ4n) is 2.78. The van der Waals surface area contributed by atoms with E-state index in [1.165, 1.54) is 7.05 Å². The Morgan fingerprint density at radius 2 is 1.73 bits per heavy atom. The van der Waals surface area contributed by atoms with Gasteiger partial charge in [0.15, 0.2) is 0 Å². The number of esters is 1. The Morgan fingerprint density at radius 3 is 2.33 bits per heavy atom. The Balaban J connectivity index is 2.32. The smallest absolute Gasteiger partial charge is 0.408 e. The van der Waals surface area contributed by atoms with Crippen LogP contribution in [0.1, 0.15) is 52.0 Å². The van der Waals surface area contributed by atoms with Gasteiger partial charge in [-0.15, -0.1) is 0 Å². The first-order valence-corrected chi connectivity index (χ1v) is 11.0. The summed E-state index contributed by atoms with van der Waals surface area (Å²) in [6, 6.07) is 7.42. The number of amides is 3. The summed E-state index contributed by atoms with van der Waals surface area (Å²) in [5.74, 6) is -1.32. The first-order chi connectivity index (χ1) is 15.5. The third-order valence-electron chi connectivity index (χ3n) is 4.42. The summed E-state index contributed by atoms with van der Waals surface area (Å²) in [5, 5.41) is 7.77. The van der Waals surface area contributed by atoms with Crippen LogP contribution in [-0.4, -0.2) is 55.2 Å². The topological polar surface area (TPSA) is 149 Å². The molecule has 33 heavy (non-hydrogen) atoms. The van der Waals surface area contributed by atoms with Crippen LogP contribution in [0.3, 0.4) is 0 Å². The number of ether oxygens (including phenoxy) is 2. The average Bonchev–Trinajstić information content (AvgIpc) is 2.75. The first-order valence-electron chi connectivity index (χ1n) is 11.0. The minimum Gasteiger partial charge on any atom is -0.459 e. The maximum Gasteiger partial charge on any atom is 0.408 e. The Labute approximate surface area is 194 Å². The highest BCUT2D eigenvalue weighted by Gasteiger charge is 2.24. The van der Waals surface area contributed by atoms with Crippen LogP contribution in [0.25, 0.3) is 0 Å². The van der Waals surface area contributed by atoms with Crippen molar-refractivity contribution in [3.8, 4) is 0 Å². The number of likely N-dealkylation sites (N-methyl/N-ethyl adjacent to an activating group) is 1. The number of rotatable bonds is 12. The Hall–Kier alpha value is -3.14. The van der Waals surface area contributed by atoms with Gasteiger partial charge in [0.1, 0.15) is 24.3 Å². The first kappa shape index (κ1) is 27.9. The highest BCUT2D eigenvalue weighted by atomic mass is 16.6. The van der Waals surface area contributed by atoms with E-state index >= 15 is 0 Å². The van der Waals surface area contributed by atoms with Gasteiger partial charge in [0, 0.05) is 13.6 Å². The lowest BCUT2D eigenvalue weighted by atomic mass is 10.1. The van der Waals surface area contributed by atoms with Crippen molar-refractivity contribution in [1.29, 1.82) is 0 Å². The molecule has 0 heterocycles. The standard InChI is InChI=1S/C23H36N4O6/c1-23(2,3)33-21(30)17(24)14-19(28)26-13-9-8-12-18(20(29)25-4)27-22(31)32-15-16-10-6-5-7-11-16/h5-7,10-11,17-18H,8-9,12-15,24H2,1-4H3,(H,25,29)(H,26,28)(H,27,31)/t17-,18+/m1/s1. The molecule has 0 fully saturated rings. The molecule has 0 saturated heterocycles. The molecular weight excluding hydrogens is 428 g/mol. The molecule has 1 rings (SSSR count). The highest BCUT2D eigenvalue weighted by molar-refractivity contribution is 5.85. The van der Waals surface area contributed by atoms with Crippen molar-refractivity contribution in [1.82, 2.24) is 16.0 Å². The molecule has 0 spiro atoms. The van der Waals surface area contributed by atoms with Gasteiger partial charge in [0.2, 0.25) is 11.8 Å². The van der Waals surface area contributed by atoms with Crippen molar-refractivity contribution >= 4 is 23.9 Å². The molecule has 5 N–H and O–H groups in total. The summed E-state index contributed by atoms with van der Waals surface area (Å²) in [7, 11) is 1.49. The molecule has 0 aliphatic carbocycles. The van der Waals surface area contributed by atoms with Crippen LogP contribution in [0.2, 0.25) is 0 Å². The summed E-state index contributed by atoms with van der Waals surface area (Å²) in [6.45, 7) is 5.62. The lowest BCUT2D eigenvalue weighted by Gasteiger charge is -2.22. The second-order valence-electron chi connectivity index (χ2n) is 8.56. The Kier molecular flexibility index (Phi) is 11.9. The van der Waals surface area contributed by atoms with E-state index in [0.29, 0.717) is 25.8 Å². The molecule has 0 aliphatic rings. The van der Waals surface area contributed by atoms with Crippen molar-refractivity contribution in [3.63, 3.8) is 0 Å². The lowest BCUT2D eigenvalue weighted by Crippen LogP contribution is -2.45. The number of hydrogen-bond donors (Lipinski definition) is 4. The third-order valence-corrected chi connectivity index (χ3v) is 4.42. The summed E-state index contributed by atoms with van der Waals surface area (Å²) < 4.78 is 10.3. The SMILES string of the molecule is CNC(=O)[C@H](CCCCNC(=O)C[C@@H](N)C(=O)OC(C)(C)C)NC(=O)OCc1ccccc1. The van der Waals surface area contributed by atoms with Gasteiger partial charge >= 0.3 is 12.1 Å². The largest absolute Gasteiger partial charge is 0.459 e. The number of carbonyl (C=O) groups is 4. The van der Waals surface area contributed by atoms with Crippen molar-refractivity contribution in [2.75, 3.05) is 13.6 Å². The normalized spacial score (nSPS) is 12.8. The van der Waals surface area contributed by atoms with E-state index in [2.05, 4.69) is 16.0 Å². The van der Waals surface area contributed by atoms with Crippen LogP contribution in [-0.2, 0) is 30.5 Å². The number of nitrogens with two attached hydrogens (primary N) is 1. The Bertz CT molecular complexity index is 779. The van der Waals surface area contributed by atoms with Gasteiger partial charge in [-0.25, -0.2) is 4.79 Å². The van der Waals surface area contributed by atoms with Crippen molar-refractivity contribution in [2.24, 2.45) is 5.73 Å². The van der Waals surface area contributed by atoms with E-state index in [1.54, 1.807) is 20.8 Å². The minimum absolute atomic E-state index is 0.102. The lowest BCUT2D eigenvalue weighted by molar-refractivity contribution is -0.157. The molecule has 3 amide bonds. The molecule has 0 radical (unpaired) electrons. The maximum atomic E-state index is 12.1. The number of benzene rings is 1. The van der Waals surface area contributed by atoms with Crippen LogP contribution < -0.4 is 21.7 Å². The highest BCUT2D eigenvalue weighted by Crippen LogP contribution is 2.09. The molecule has 10 nitrogen and oxygen atoms in total. The van der Waals surface area contributed by atoms with E-state index in [0.717, 1.165) is 5.56 Å². The van der Waals surface area contributed by atoms with Crippen molar-refractivity contribution < 1.29 is 28.7 Å². The van der Waals surface area contributed by atoms with Crippen LogP contribution in [0.5, 0.6) is 0 Å². The molecule has 1 aromatic carbocycles. The zero-order chi connectivity index (χ0) is 24.9. The van der Waals surface area contributed by atoms with E-state index in [1.807, 2.05) is 30.3 Å². The van der Waals surface area contributed by atoms with Crippen LogP contribution in [0.4, 0.5) is 4.79 Å². The average molecular weight is 465 g/mol. The summed E-state index contributed by atoms with van der Waals surface area (Å²) >= 11 is 0. The summed E-state index contributed by atoms with van der Waals surface area (Å²) in [4.78, 5) is 47.9. The molecule has 0 saturated carbocycles. The number of alkyl carbamates (subject to hydrolysis) is 1. The van der Waals surface area contributed by atoms with E-state index < -0.39 is 29.7 Å². The molecule has 2 atom stereocenters. The molecule has 0 aliphatic heterocycles. The van der Waals surface area contributed by atoms with Gasteiger partial charge in [-0.2, -0.15) is 0 Å². The summed E-state index contributed by atoms with van der Waals surface area (Å²) in [5.41, 5.74) is 5.89. The van der Waals surface area contributed by atoms with E-state index in [4.69, 9.17) is 15.2 Å². The molecule has 184 valence electrons. The van der Waals surface area contributed by atoms with Gasteiger partial charge in [-0.1, -0.05) is 30.3 Å². The van der Waals surface area contributed by atoms with Crippen LogP contribution in [0, 0.1) is 0 Å². The molecule has 0 aromatic heterocycles. The summed E-state index contributed by atoms with van der Waals surface area (Å²) in [6.07, 6.45) is 0.645. The van der Waals surface area contributed by atoms with Crippen LogP contribution in [0.15, 0.2) is 30.3 Å². The van der Waals surface area contributed by atoms with Crippen molar-refractivity contribution in [2.45, 2.75) is 70.7 Å². The maximum absolute atomic E-state index is 12.1. The molecule has 1 aromatic rings. The van der Waals surface area contributed by atoms with E-state index in [-0.39, 0.29) is 24.8 Å². The fraction of sp³-hybridized carbons (Fsp3) is 0.565. The third kappa shape index (κ3) is 12.5. The number of unbranched alkanes of at least 4 members (excludes halogenated alkanes) is 1. The molecule has 10 heteroatoms. The number of hydrogen-bond acceptors (Lipinski definition) is 7. The molecule has 0 bridgehead atoms. The van der Waals surface area contributed by atoms with Gasteiger partial charge in [0.05, 0.1) is 6.42 Å². The van der Waals surface area contributed by atoms with Gasteiger partial charge in [-0.05, 0) is 45.6 Å². The predicted molar refractivity (Wildman–Crippen MR) is 123 cm³/mol. The molecule has 0 unspecified atom stereocenters. The van der Waals surface area contributed by atoms with Gasteiger partial charge in [0.25, 0.3) is 0 Å². The van der Waals surface area contributed by atoms with E-state index in [9.17, 15) is 19.2 Å². The Morgan fingerprint density at radius 1 is 1.06 bits per heavy atom. The number of nitrogens with one attached hydrogen (secondary N) is 3. The van der Waals surface area contributed by atoms with Gasteiger partial charge in [-0.3, -0.25) is 14.4 Å². The fourth-order valence-corrected chi connectivity index (χ4v) is 2.78. The quantitative estimate of drug-likeness (QED) is 0.270. The second-order valence-corrected chi connectivity index (χ2v) is 8.56. The minimum atomic E-state index is -1.03. The monoisotopic (exact) mass is 464 g/mol.